The first-order chi connectivity index (χ1) is 9.57. The fourth-order valence-corrected chi connectivity index (χ4v) is 3.02. The molecule has 1 N–H and O–H groups in total. The van der Waals surface area contributed by atoms with Crippen molar-refractivity contribution in [2.24, 2.45) is 0 Å². The SMILES string of the molecule is Cc1cncc(C(C)(O)c2ccc3c(c2)CCCC3)c1. The predicted octanol–water partition coefficient (Wildman–Crippen LogP) is 3.52. The monoisotopic (exact) mass is 267 g/mol. The van der Waals surface area contributed by atoms with Crippen molar-refractivity contribution in [2.45, 2.75) is 45.1 Å². The number of pyridine rings is 1. The predicted molar refractivity (Wildman–Crippen MR) is 80.7 cm³/mol. The van der Waals surface area contributed by atoms with E-state index >= 15 is 0 Å². The minimum Gasteiger partial charge on any atom is -0.381 e. The molecule has 1 heterocycles. The van der Waals surface area contributed by atoms with Gasteiger partial charge in [0.05, 0.1) is 0 Å². The van der Waals surface area contributed by atoms with Crippen LogP contribution in [-0.4, -0.2) is 10.1 Å². The first-order valence-electron chi connectivity index (χ1n) is 7.34. The molecule has 0 saturated heterocycles. The zero-order valence-corrected chi connectivity index (χ0v) is 12.2. The second-order valence-electron chi connectivity index (χ2n) is 6.01. The van der Waals surface area contributed by atoms with Gasteiger partial charge in [0.15, 0.2) is 0 Å². The van der Waals surface area contributed by atoms with Gasteiger partial charge in [0.25, 0.3) is 0 Å². The van der Waals surface area contributed by atoms with E-state index in [1.165, 1.54) is 30.4 Å². The van der Waals surface area contributed by atoms with Crippen LogP contribution in [-0.2, 0) is 18.4 Å². The van der Waals surface area contributed by atoms with Gasteiger partial charge in [-0.2, -0.15) is 0 Å². The lowest BCUT2D eigenvalue weighted by atomic mass is 9.83. The molecule has 0 spiro atoms. The molecule has 0 bridgehead atoms. The van der Waals surface area contributed by atoms with E-state index < -0.39 is 5.60 Å². The quantitative estimate of drug-likeness (QED) is 0.903. The molecule has 0 aliphatic heterocycles. The topological polar surface area (TPSA) is 33.1 Å². The van der Waals surface area contributed by atoms with Gasteiger partial charge in [0.2, 0.25) is 0 Å². The molecule has 2 heteroatoms. The minimum atomic E-state index is -0.981. The van der Waals surface area contributed by atoms with Crippen LogP contribution in [0.5, 0.6) is 0 Å². The van der Waals surface area contributed by atoms with E-state index in [4.69, 9.17) is 0 Å². The van der Waals surface area contributed by atoms with Gasteiger partial charge in [0, 0.05) is 18.0 Å². The van der Waals surface area contributed by atoms with Crippen molar-refractivity contribution in [3.63, 3.8) is 0 Å². The summed E-state index contributed by atoms with van der Waals surface area (Å²) in [6.45, 7) is 3.85. The summed E-state index contributed by atoms with van der Waals surface area (Å²) in [5.74, 6) is 0. The lowest BCUT2D eigenvalue weighted by Gasteiger charge is -2.26. The number of nitrogens with zero attached hydrogens (tertiary/aromatic N) is 1. The van der Waals surface area contributed by atoms with Gasteiger partial charge in [-0.3, -0.25) is 4.98 Å². The molecular weight excluding hydrogens is 246 g/mol. The third kappa shape index (κ3) is 2.36. The average molecular weight is 267 g/mol. The Morgan fingerprint density at radius 3 is 2.50 bits per heavy atom. The van der Waals surface area contributed by atoms with E-state index in [0.29, 0.717) is 0 Å². The molecule has 1 unspecified atom stereocenters. The number of aliphatic hydroxyl groups is 1. The van der Waals surface area contributed by atoms with E-state index in [0.717, 1.165) is 23.1 Å². The van der Waals surface area contributed by atoms with Crippen LogP contribution >= 0.6 is 0 Å². The van der Waals surface area contributed by atoms with Crippen molar-refractivity contribution < 1.29 is 5.11 Å². The van der Waals surface area contributed by atoms with Crippen LogP contribution in [0.1, 0.15) is 47.6 Å². The number of rotatable bonds is 2. The van der Waals surface area contributed by atoms with Crippen molar-refractivity contribution in [1.82, 2.24) is 4.98 Å². The maximum absolute atomic E-state index is 10.9. The molecule has 1 atom stereocenters. The molecule has 104 valence electrons. The zero-order chi connectivity index (χ0) is 14.2. The first-order valence-corrected chi connectivity index (χ1v) is 7.34. The second kappa shape index (κ2) is 5.02. The van der Waals surface area contributed by atoms with Gasteiger partial charge in [0.1, 0.15) is 5.60 Å². The summed E-state index contributed by atoms with van der Waals surface area (Å²) in [5, 5.41) is 10.9. The smallest absolute Gasteiger partial charge is 0.113 e. The van der Waals surface area contributed by atoms with Crippen LogP contribution < -0.4 is 0 Å². The van der Waals surface area contributed by atoms with E-state index in [1.54, 1.807) is 6.20 Å². The van der Waals surface area contributed by atoms with Crippen LogP contribution in [0.2, 0.25) is 0 Å². The molecule has 1 aliphatic rings. The normalized spacial score (nSPS) is 17.4. The van der Waals surface area contributed by atoms with Gasteiger partial charge in [-0.25, -0.2) is 0 Å². The minimum absolute atomic E-state index is 0.855. The lowest BCUT2D eigenvalue weighted by molar-refractivity contribution is 0.102. The Morgan fingerprint density at radius 2 is 1.75 bits per heavy atom. The highest BCUT2D eigenvalue weighted by molar-refractivity contribution is 5.41. The van der Waals surface area contributed by atoms with Gasteiger partial charge >= 0.3 is 0 Å². The van der Waals surface area contributed by atoms with E-state index in [9.17, 15) is 5.11 Å². The van der Waals surface area contributed by atoms with Crippen molar-refractivity contribution >= 4 is 0 Å². The standard InChI is InChI=1S/C18H21NO/c1-13-9-17(12-19-11-13)18(2,20)16-8-7-14-5-3-4-6-15(14)10-16/h7-12,20H,3-6H2,1-2H3. The van der Waals surface area contributed by atoms with E-state index in [1.807, 2.05) is 26.1 Å². The summed E-state index contributed by atoms with van der Waals surface area (Å²) >= 11 is 0. The Hall–Kier alpha value is -1.67. The Labute approximate surface area is 120 Å². The van der Waals surface area contributed by atoms with Gasteiger partial charge < -0.3 is 5.11 Å². The number of hydrogen-bond acceptors (Lipinski definition) is 2. The molecule has 1 aliphatic carbocycles. The summed E-state index contributed by atoms with van der Waals surface area (Å²) in [7, 11) is 0. The largest absolute Gasteiger partial charge is 0.381 e. The van der Waals surface area contributed by atoms with Crippen molar-refractivity contribution in [3.8, 4) is 0 Å². The van der Waals surface area contributed by atoms with Crippen LogP contribution in [0.15, 0.2) is 36.7 Å². The van der Waals surface area contributed by atoms with E-state index in [2.05, 4.69) is 23.2 Å². The summed E-state index contributed by atoms with van der Waals surface area (Å²) in [6.07, 6.45) is 8.41. The molecule has 0 fully saturated rings. The van der Waals surface area contributed by atoms with Gasteiger partial charge in [-0.15, -0.1) is 0 Å². The summed E-state index contributed by atoms with van der Waals surface area (Å²) in [6, 6.07) is 8.43. The lowest BCUT2D eigenvalue weighted by Crippen LogP contribution is -2.23. The highest BCUT2D eigenvalue weighted by atomic mass is 16.3. The third-order valence-corrected chi connectivity index (χ3v) is 4.35. The summed E-state index contributed by atoms with van der Waals surface area (Å²) < 4.78 is 0. The summed E-state index contributed by atoms with van der Waals surface area (Å²) in [5.41, 5.74) is 4.75. The average Bonchev–Trinajstić information content (AvgIpc) is 2.46. The Morgan fingerprint density at radius 1 is 1.00 bits per heavy atom. The highest BCUT2D eigenvalue weighted by Crippen LogP contribution is 2.32. The molecule has 0 saturated carbocycles. The maximum Gasteiger partial charge on any atom is 0.113 e. The fourth-order valence-electron chi connectivity index (χ4n) is 3.02. The number of benzene rings is 1. The number of aromatic nitrogens is 1. The maximum atomic E-state index is 10.9. The molecule has 2 nitrogen and oxygen atoms in total. The van der Waals surface area contributed by atoms with Crippen molar-refractivity contribution in [1.29, 1.82) is 0 Å². The molecule has 1 aromatic heterocycles. The van der Waals surface area contributed by atoms with Crippen LogP contribution in [0.25, 0.3) is 0 Å². The van der Waals surface area contributed by atoms with Gasteiger partial charge in [-0.1, -0.05) is 18.2 Å². The third-order valence-electron chi connectivity index (χ3n) is 4.35. The molecular formula is C18H21NO. The molecule has 1 aromatic carbocycles. The Bertz CT molecular complexity index is 631. The number of aryl methyl sites for hydroxylation is 3. The Balaban J connectivity index is 2.02. The Kier molecular flexibility index (Phi) is 3.35. The molecule has 3 rings (SSSR count). The number of hydrogen-bond donors (Lipinski definition) is 1. The van der Waals surface area contributed by atoms with E-state index in [-0.39, 0.29) is 0 Å². The zero-order valence-electron chi connectivity index (χ0n) is 12.2. The first kappa shape index (κ1) is 13.3. The molecule has 0 radical (unpaired) electrons. The molecule has 2 aromatic rings. The fraction of sp³-hybridized carbons (Fsp3) is 0.389. The molecule has 0 amide bonds. The highest BCUT2D eigenvalue weighted by Gasteiger charge is 2.27. The van der Waals surface area contributed by atoms with Crippen LogP contribution in [0.4, 0.5) is 0 Å². The number of fused-ring (bicyclic) bond motifs is 1. The van der Waals surface area contributed by atoms with Crippen molar-refractivity contribution in [3.05, 3.63) is 64.5 Å². The van der Waals surface area contributed by atoms with Gasteiger partial charge in [-0.05, 0) is 67.9 Å². The molecule has 20 heavy (non-hydrogen) atoms. The van der Waals surface area contributed by atoms with Crippen LogP contribution in [0.3, 0.4) is 0 Å². The van der Waals surface area contributed by atoms with Crippen LogP contribution in [0, 0.1) is 6.92 Å². The summed E-state index contributed by atoms with van der Waals surface area (Å²) in [4.78, 5) is 4.20. The van der Waals surface area contributed by atoms with Crippen molar-refractivity contribution in [2.75, 3.05) is 0 Å². The second-order valence-corrected chi connectivity index (χ2v) is 6.01.